The zero-order valence-electron chi connectivity index (χ0n) is 41.8. The predicted molar refractivity (Wildman–Crippen MR) is 270 cm³/mol. The Balaban J connectivity index is 4.36. The van der Waals surface area contributed by atoms with Gasteiger partial charge in [-0.1, -0.05) is 223 Å². The van der Waals surface area contributed by atoms with Crippen LogP contribution in [0.3, 0.4) is 0 Å². The molecule has 0 N–H and O–H groups in total. The molecule has 0 heterocycles. The number of carbonyl (C=O) groups is 3. The predicted octanol–water partition coefficient (Wildman–Crippen LogP) is 17.9. The van der Waals surface area contributed by atoms with Gasteiger partial charge in [-0.05, 0) is 83.5 Å². The maximum Gasteiger partial charge on any atom is 0.306 e. The second kappa shape index (κ2) is 52.0. The highest BCUT2D eigenvalue weighted by atomic mass is 16.6. The number of carbonyl (C=O) groups excluding carboxylic acids is 3. The molecule has 0 aromatic carbocycles. The summed E-state index contributed by atoms with van der Waals surface area (Å²) in [5.41, 5.74) is 0. The fraction of sp³-hybridized carbons (Fsp3) is 0.807. The third-order valence-corrected chi connectivity index (χ3v) is 11.8. The lowest BCUT2D eigenvalue weighted by atomic mass is 10.1. The van der Waals surface area contributed by atoms with E-state index in [4.69, 9.17) is 14.2 Å². The van der Waals surface area contributed by atoms with E-state index in [1.54, 1.807) is 0 Å². The third-order valence-electron chi connectivity index (χ3n) is 11.8. The van der Waals surface area contributed by atoms with Gasteiger partial charge in [-0.15, -0.1) is 0 Å². The van der Waals surface area contributed by atoms with Crippen LogP contribution in [0.1, 0.15) is 278 Å². The van der Waals surface area contributed by atoms with E-state index in [9.17, 15) is 14.4 Å². The monoisotopic (exact) mass is 883 g/mol. The van der Waals surface area contributed by atoms with Crippen molar-refractivity contribution in [1.82, 2.24) is 0 Å². The van der Waals surface area contributed by atoms with Gasteiger partial charge in [-0.25, -0.2) is 0 Å². The van der Waals surface area contributed by atoms with Gasteiger partial charge < -0.3 is 14.2 Å². The lowest BCUT2D eigenvalue weighted by Gasteiger charge is -2.18. The van der Waals surface area contributed by atoms with Crippen LogP contribution >= 0.6 is 0 Å². The molecule has 0 saturated heterocycles. The largest absolute Gasteiger partial charge is 0.462 e. The molecule has 0 rings (SSSR count). The molecule has 1 atom stereocenters. The van der Waals surface area contributed by atoms with E-state index in [1.807, 2.05) is 0 Å². The summed E-state index contributed by atoms with van der Waals surface area (Å²) in [5.74, 6) is -0.891. The summed E-state index contributed by atoms with van der Waals surface area (Å²) in [4.78, 5) is 38.0. The Morgan fingerprint density at radius 1 is 0.317 bits per heavy atom. The number of esters is 3. The van der Waals surface area contributed by atoms with E-state index >= 15 is 0 Å². The van der Waals surface area contributed by atoms with Crippen molar-refractivity contribution in [2.75, 3.05) is 13.2 Å². The number of allylic oxidation sites excluding steroid dienone is 8. The van der Waals surface area contributed by atoms with Gasteiger partial charge in [0, 0.05) is 19.3 Å². The first-order valence-electron chi connectivity index (χ1n) is 27.1. The molecule has 63 heavy (non-hydrogen) atoms. The fourth-order valence-electron chi connectivity index (χ4n) is 7.68. The second-order valence-corrected chi connectivity index (χ2v) is 18.1. The molecule has 0 aliphatic carbocycles. The van der Waals surface area contributed by atoms with Crippen LogP contribution in [0.15, 0.2) is 48.6 Å². The molecule has 0 saturated carbocycles. The third kappa shape index (κ3) is 50.2. The van der Waals surface area contributed by atoms with Crippen LogP contribution in [-0.2, 0) is 28.6 Å². The molecule has 6 nitrogen and oxygen atoms in total. The molecular weight excluding hydrogens is 781 g/mol. The first kappa shape index (κ1) is 60.4. The summed E-state index contributed by atoms with van der Waals surface area (Å²) in [7, 11) is 0. The Morgan fingerprint density at radius 3 is 0.937 bits per heavy atom. The summed E-state index contributed by atoms with van der Waals surface area (Å²) in [5, 5.41) is 0. The molecule has 6 heteroatoms. The molecule has 0 spiro atoms. The van der Waals surface area contributed by atoms with Crippen molar-refractivity contribution >= 4 is 17.9 Å². The highest BCUT2D eigenvalue weighted by Crippen LogP contribution is 2.15. The topological polar surface area (TPSA) is 78.9 Å². The standard InChI is InChI=1S/C57H102O6/c1-4-7-10-13-16-19-22-24-26-27-28-29-31-32-35-38-41-44-47-50-56(59)62-53-54(52-61-55(58)49-46-43-40-37-34-21-18-15-12-9-6-3)63-57(60)51-48-45-42-39-36-33-30-25-23-20-17-14-11-8-5-2/h16,19,24-26,28-30,54H,4-15,17-18,20-23,27,31-53H2,1-3H3/b19-16-,26-24-,29-28-,30-25-/t54-/m1/s1. The number of hydrogen-bond donors (Lipinski definition) is 0. The summed E-state index contributed by atoms with van der Waals surface area (Å²) in [6.45, 7) is 6.60. The van der Waals surface area contributed by atoms with Gasteiger partial charge in [0.15, 0.2) is 6.10 Å². The van der Waals surface area contributed by atoms with Gasteiger partial charge >= 0.3 is 17.9 Å². The quantitative estimate of drug-likeness (QED) is 0.0262. The van der Waals surface area contributed by atoms with E-state index in [2.05, 4.69) is 69.4 Å². The Hall–Kier alpha value is -2.63. The zero-order chi connectivity index (χ0) is 45.8. The Labute approximate surface area is 390 Å². The average Bonchev–Trinajstić information content (AvgIpc) is 3.28. The highest BCUT2D eigenvalue weighted by Gasteiger charge is 2.19. The van der Waals surface area contributed by atoms with Gasteiger partial charge in [-0.3, -0.25) is 14.4 Å². The maximum absolute atomic E-state index is 12.8. The molecule has 0 amide bonds. The number of ether oxygens (including phenoxy) is 3. The molecule has 0 unspecified atom stereocenters. The van der Waals surface area contributed by atoms with E-state index in [1.165, 1.54) is 148 Å². The van der Waals surface area contributed by atoms with E-state index in [0.717, 1.165) is 89.9 Å². The Bertz CT molecular complexity index is 1110. The first-order chi connectivity index (χ1) is 31.0. The fourth-order valence-corrected chi connectivity index (χ4v) is 7.68. The molecule has 0 aromatic rings. The van der Waals surface area contributed by atoms with Crippen LogP contribution in [0.25, 0.3) is 0 Å². The average molecular weight is 883 g/mol. The Kier molecular flexibility index (Phi) is 49.8. The van der Waals surface area contributed by atoms with Gasteiger partial charge in [0.1, 0.15) is 13.2 Å². The number of hydrogen-bond acceptors (Lipinski definition) is 6. The molecule has 0 aliphatic heterocycles. The summed E-state index contributed by atoms with van der Waals surface area (Å²) < 4.78 is 16.8. The van der Waals surface area contributed by atoms with E-state index < -0.39 is 6.10 Å². The van der Waals surface area contributed by atoms with Gasteiger partial charge in [0.25, 0.3) is 0 Å². The molecule has 0 aliphatic rings. The van der Waals surface area contributed by atoms with Crippen molar-refractivity contribution in [2.45, 2.75) is 284 Å². The molecule has 0 aromatic heterocycles. The van der Waals surface area contributed by atoms with Crippen LogP contribution < -0.4 is 0 Å². The summed E-state index contributed by atoms with van der Waals surface area (Å²) >= 11 is 0. The summed E-state index contributed by atoms with van der Waals surface area (Å²) in [6.07, 6.45) is 62.3. The van der Waals surface area contributed by atoms with Crippen LogP contribution in [0, 0.1) is 0 Å². The maximum atomic E-state index is 12.8. The van der Waals surface area contributed by atoms with E-state index in [0.29, 0.717) is 19.3 Å². The summed E-state index contributed by atoms with van der Waals surface area (Å²) in [6, 6.07) is 0. The molecule has 366 valence electrons. The van der Waals surface area contributed by atoms with Gasteiger partial charge in [0.05, 0.1) is 0 Å². The van der Waals surface area contributed by atoms with Crippen molar-refractivity contribution in [1.29, 1.82) is 0 Å². The lowest BCUT2D eigenvalue weighted by molar-refractivity contribution is -0.167. The SMILES string of the molecule is CCCCC/C=C\C/C=C\C/C=C\CCCCCCCCC(=O)OC[C@@H](COC(=O)CCCCCCCCCCCCC)OC(=O)CCCCCCC/C=C\CCCCCCCC. The van der Waals surface area contributed by atoms with Crippen LogP contribution in [0.5, 0.6) is 0 Å². The first-order valence-corrected chi connectivity index (χ1v) is 27.1. The van der Waals surface area contributed by atoms with Crippen molar-refractivity contribution in [3.8, 4) is 0 Å². The molecular formula is C57H102O6. The van der Waals surface area contributed by atoms with Crippen LogP contribution in [0.4, 0.5) is 0 Å². The second-order valence-electron chi connectivity index (χ2n) is 18.1. The van der Waals surface area contributed by atoms with Crippen molar-refractivity contribution < 1.29 is 28.6 Å². The van der Waals surface area contributed by atoms with Crippen LogP contribution in [0.2, 0.25) is 0 Å². The molecule has 0 bridgehead atoms. The minimum atomic E-state index is -0.779. The normalized spacial score (nSPS) is 12.4. The van der Waals surface area contributed by atoms with Gasteiger partial charge in [-0.2, -0.15) is 0 Å². The number of unbranched alkanes of at least 4 members (excludes halogenated alkanes) is 30. The molecule has 0 fully saturated rings. The lowest BCUT2D eigenvalue weighted by Crippen LogP contribution is -2.30. The van der Waals surface area contributed by atoms with Crippen molar-refractivity contribution in [3.05, 3.63) is 48.6 Å². The van der Waals surface area contributed by atoms with Crippen molar-refractivity contribution in [2.24, 2.45) is 0 Å². The van der Waals surface area contributed by atoms with E-state index in [-0.39, 0.29) is 31.1 Å². The highest BCUT2D eigenvalue weighted by molar-refractivity contribution is 5.71. The zero-order valence-corrected chi connectivity index (χ0v) is 41.8. The van der Waals surface area contributed by atoms with Crippen molar-refractivity contribution in [3.63, 3.8) is 0 Å². The van der Waals surface area contributed by atoms with Gasteiger partial charge in [0.2, 0.25) is 0 Å². The minimum absolute atomic E-state index is 0.0784. The number of rotatable bonds is 49. The smallest absolute Gasteiger partial charge is 0.306 e. The minimum Gasteiger partial charge on any atom is -0.462 e. The van der Waals surface area contributed by atoms with Crippen LogP contribution in [-0.4, -0.2) is 37.2 Å². The Morgan fingerprint density at radius 2 is 0.571 bits per heavy atom. The molecule has 0 radical (unpaired) electrons.